The number of amidine groups is 1. The fourth-order valence-electron chi connectivity index (χ4n) is 2.63. The number of hydrogen-bond donors (Lipinski definition) is 3. The van der Waals surface area contributed by atoms with Gasteiger partial charge in [0.05, 0.1) is 6.10 Å². The average Bonchev–Trinajstić information content (AvgIpc) is 2.53. The van der Waals surface area contributed by atoms with Gasteiger partial charge in [0.2, 0.25) is 0 Å². The molecule has 1 aliphatic rings. The highest BCUT2D eigenvalue weighted by molar-refractivity contribution is 5.97. The minimum Gasteiger partial charge on any atom is -0.409 e. The first kappa shape index (κ1) is 15.8. The molecule has 1 aromatic carbocycles. The van der Waals surface area contributed by atoms with Crippen molar-refractivity contribution in [1.82, 2.24) is 5.32 Å². The lowest BCUT2D eigenvalue weighted by Gasteiger charge is -2.22. The van der Waals surface area contributed by atoms with Gasteiger partial charge in [-0.1, -0.05) is 17.3 Å². The largest absolute Gasteiger partial charge is 0.409 e. The van der Waals surface area contributed by atoms with Gasteiger partial charge in [-0.25, -0.2) is 0 Å². The highest BCUT2D eigenvalue weighted by atomic mass is 16.5. The lowest BCUT2D eigenvalue weighted by Crippen LogP contribution is -2.25. The number of nitrogens with zero attached hydrogens (tertiary/aromatic N) is 1. The highest BCUT2D eigenvalue weighted by Crippen LogP contribution is 2.15. The van der Waals surface area contributed by atoms with Gasteiger partial charge in [0, 0.05) is 18.7 Å². The maximum absolute atomic E-state index is 8.68. The van der Waals surface area contributed by atoms with Crippen LogP contribution in [0.2, 0.25) is 0 Å². The summed E-state index contributed by atoms with van der Waals surface area (Å²) in [6, 6.07) is 5.84. The van der Waals surface area contributed by atoms with E-state index in [-0.39, 0.29) is 5.84 Å². The number of oxime groups is 1. The summed E-state index contributed by atoms with van der Waals surface area (Å²) in [7, 11) is 0. The van der Waals surface area contributed by atoms with Crippen molar-refractivity contribution in [3.63, 3.8) is 0 Å². The van der Waals surface area contributed by atoms with Crippen molar-refractivity contribution >= 4 is 5.84 Å². The van der Waals surface area contributed by atoms with Gasteiger partial charge in [0.1, 0.15) is 0 Å². The molecule has 1 aliphatic heterocycles. The molecule has 0 aromatic heterocycles. The fourth-order valence-corrected chi connectivity index (χ4v) is 2.63. The molecule has 1 saturated heterocycles. The van der Waals surface area contributed by atoms with E-state index in [9.17, 15) is 0 Å². The van der Waals surface area contributed by atoms with E-state index in [1.807, 2.05) is 25.1 Å². The minimum absolute atomic E-state index is 0.145. The summed E-state index contributed by atoms with van der Waals surface area (Å²) < 4.78 is 5.72. The highest BCUT2D eigenvalue weighted by Gasteiger charge is 2.12. The van der Waals surface area contributed by atoms with Gasteiger partial charge >= 0.3 is 0 Å². The summed E-state index contributed by atoms with van der Waals surface area (Å²) in [4.78, 5) is 0. The Morgan fingerprint density at radius 1 is 1.48 bits per heavy atom. The number of ether oxygens (including phenoxy) is 1. The number of rotatable bonds is 6. The van der Waals surface area contributed by atoms with Crippen LogP contribution in [0.15, 0.2) is 23.4 Å². The van der Waals surface area contributed by atoms with E-state index in [0.29, 0.717) is 6.10 Å². The molecule has 1 aromatic rings. The van der Waals surface area contributed by atoms with Crippen molar-refractivity contribution in [2.75, 3.05) is 13.2 Å². The Bertz CT molecular complexity index is 482. The zero-order valence-corrected chi connectivity index (χ0v) is 12.6. The van der Waals surface area contributed by atoms with Crippen LogP contribution in [-0.2, 0) is 11.3 Å². The lowest BCUT2D eigenvalue weighted by atomic mass is 10.0. The maximum Gasteiger partial charge on any atom is 0.170 e. The van der Waals surface area contributed by atoms with E-state index in [1.165, 1.54) is 24.8 Å². The molecule has 0 saturated carbocycles. The molecule has 0 aliphatic carbocycles. The van der Waals surface area contributed by atoms with Gasteiger partial charge in [-0.3, -0.25) is 0 Å². The average molecular weight is 291 g/mol. The lowest BCUT2D eigenvalue weighted by molar-refractivity contribution is 0.0115. The van der Waals surface area contributed by atoms with Crippen molar-refractivity contribution in [2.45, 2.75) is 45.3 Å². The predicted molar refractivity (Wildman–Crippen MR) is 83.6 cm³/mol. The van der Waals surface area contributed by atoms with Gasteiger partial charge in [0.25, 0.3) is 0 Å². The Morgan fingerprint density at radius 3 is 3.00 bits per heavy atom. The van der Waals surface area contributed by atoms with Crippen LogP contribution in [0.1, 0.15) is 42.4 Å². The molecular formula is C16H25N3O2. The minimum atomic E-state index is 0.145. The fraction of sp³-hybridized carbons (Fsp3) is 0.562. The van der Waals surface area contributed by atoms with Crippen LogP contribution in [0.25, 0.3) is 0 Å². The standard InChI is InChI=1S/C16H25N3O2/c1-12-10-13(16(17)19-20)5-6-14(12)11-18-8-7-15-4-2-3-9-21-15/h5-6,10,15,18,20H,2-4,7-9,11H2,1H3,(H2,17,19). The second-order valence-corrected chi connectivity index (χ2v) is 5.58. The van der Waals surface area contributed by atoms with Crippen LogP contribution in [0, 0.1) is 6.92 Å². The molecule has 0 spiro atoms. The summed E-state index contributed by atoms with van der Waals surface area (Å²) in [6.45, 7) is 4.75. The van der Waals surface area contributed by atoms with E-state index in [4.69, 9.17) is 15.7 Å². The van der Waals surface area contributed by atoms with Crippen LogP contribution in [-0.4, -0.2) is 30.3 Å². The van der Waals surface area contributed by atoms with Crippen LogP contribution in [0.3, 0.4) is 0 Å². The molecule has 116 valence electrons. The Morgan fingerprint density at radius 2 is 2.33 bits per heavy atom. The van der Waals surface area contributed by atoms with E-state index in [1.54, 1.807) is 0 Å². The van der Waals surface area contributed by atoms with E-state index in [0.717, 1.165) is 37.2 Å². The van der Waals surface area contributed by atoms with Crippen LogP contribution in [0.4, 0.5) is 0 Å². The van der Waals surface area contributed by atoms with E-state index >= 15 is 0 Å². The van der Waals surface area contributed by atoms with E-state index in [2.05, 4.69) is 10.5 Å². The molecule has 0 amide bonds. The smallest absolute Gasteiger partial charge is 0.170 e. The Labute approximate surface area is 126 Å². The topological polar surface area (TPSA) is 79.9 Å². The molecule has 1 fully saturated rings. The molecule has 1 heterocycles. The Kier molecular flexibility index (Phi) is 6.02. The number of nitrogens with one attached hydrogen (secondary N) is 1. The molecule has 21 heavy (non-hydrogen) atoms. The first-order valence-electron chi connectivity index (χ1n) is 7.60. The zero-order valence-electron chi connectivity index (χ0n) is 12.6. The van der Waals surface area contributed by atoms with Crippen LogP contribution < -0.4 is 11.1 Å². The third kappa shape index (κ3) is 4.72. The Hall–Kier alpha value is -1.59. The first-order valence-corrected chi connectivity index (χ1v) is 7.60. The molecule has 4 N–H and O–H groups in total. The molecular weight excluding hydrogens is 266 g/mol. The van der Waals surface area contributed by atoms with E-state index < -0.39 is 0 Å². The zero-order chi connectivity index (χ0) is 15.1. The molecule has 5 nitrogen and oxygen atoms in total. The van der Waals surface area contributed by atoms with Crippen LogP contribution >= 0.6 is 0 Å². The number of aryl methyl sites for hydroxylation is 1. The summed E-state index contributed by atoms with van der Waals surface area (Å²) in [6.07, 6.45) is 5.18. The normalized spacial score (nSPS) is 19.7. The Balaban J connectivity index is 1.77. The molecule has 1 unspecified atom stereocenters. The monoisotopic (exact) mass is 291 g/mol. The van der Waals surface area contributed by atoms with Crippen molar-refractivity contribution in [2.24, 2.45) is 10.9 Å². The molecule has 0 radical (unpaired) electrons. The predicted octanol–water partition coefficient (Wildman–Crippen LogP) is 2.14. The van der Waals surface area contributed by atoms with Crippen molar-refractivity contribution in [1.29, 1.82) is 0 Å². The first-order chi connectivity index (χ1) is 10.2. The summed E-state index contributed by atoms with van der Waals surface area (Å²) in [5, 5.41) is 15.2. The van der Waals surface area contributed by atoms with Crippen molar-refractivity contribution in [3.05, 3.63) is 34.9 Å². The third-order valence-electron chi connectivity index (χ3n) is 3.98. The molecule has 1 atom stereocenters. The van der Waals surface area contributed by atoms with Crippen molar-refractivity contribution in [3.8, 4) is 0 Å². The molecule has 2 rings (SSSR count). The number of benzene rings is 1. The molecule has 5 heteroatoms. The van der Waals surface area contributed by atoms with Gasteiger partial charge in [-0.05, 0) is 56.3 Å². The summed E-state index contributed by atoms with van der Waals surface area (Å²) >= 11 is 0. The second-order valence-electron chi connectivity index (χ2n) is 5.58. The third-order valence-corrected chi connectivity index (χ3v) is 3.98. The summed E-state index contributed by atoms with van der Waals surface area (Å²) in [5.41, 5.74) is 8.70. The maximum atomic E-state index is 8.68. The second kappa shape index (κ2) is 8.00. The quantitative estimate of drug-likeness (QED) is 0.247. The number of nitrogens with two attached hydrogens (primary N) is 1. The van der Waals surface area contributed by atoms with Crippen LogP contribution in [0.5, 0.6) is 0 Å². The van der Waals surface area contributed by atoms with Gasteiger partial charge < -0.3 is 21.0 Å². The summed E-state index contributed by atoms with van der Waals surface area (Å²) in [5.74, 6) is 0.145. The molecule has 0 bridgehead atoms. The van der Waals surface area contributed by atoms with Gasteiger partial charge in [0.15, 0.2) is 5.84 Å². The number of hydrogen-bond acceptors (Lipinski definition) is 4. The van der Waals surface area contributed by atoms with Gasteiger partial charge in [-0.15, -0.1) is 0 Å². The van der Waals surface area contributed by atoms with Crippen molar-refractivity contribution < 1.29 is 9.94 Å². The van der Waals surface area contributed by atoms with Gasteiger partial charge in [-0.2, -0.15) is 0 Å². The SMILES string of the molecule is Cc1cc(/C(N)=N/O)ccc1CNCCC1CCCCO1.